The van der Waals surface area contributed by atoms with Crippen LogP contribution in [0.3, 0.4) is 0 Å². The van der Waals surface area contributed by atoms with Crippen molar-refractivity contribution in [1.29, 1.82) is 0 Å². The van der Waals surface area contributed by atoms with Gasteiger partial charge in [-0.05, 0) is 43.0 Å². The molecule has 0 aliphatic carbocycles. The molecule has 1 fully saturated rings. The Morgan fingerprint density at radius 2 is 2.29 bits per heavy atom. The lowest BCUT2D eigenvalue weighted by Crippen LogP contribution is -2.33. The highest BCUT2D eigenvalue weighted by Gasteiger charge is 2.22. The third-order valence-corrected chi connectivity index (χ3v) is 4.20. The smallest absolute Gasteiger partial charge is 0.251 e. The minimum atomic E-state index is -0.0761. The van der Waals surface area contributed by atoms with Crippen LogP contribution in [0, 0.1) is 0 Å². The van der Waals surface area contributed by atoms with E-state index in [1.165, 1.54) is 0 Å². The molecule has 1 atom stereocenters. The standard InChI is InChI=1S/C16H20N2O3/c1-18-14-6-4-12(9-11(14)5-7-15(18)19)16(20)17-10-13-3-2-8-21-13/h4,6,9,13H,2-3,5,7-8,10H2,1H3,(H,17,20). The fraction of sp³-hybridized carbons (Fsp3) is 0.500. The topological polar surface area (TPSA) is 58.6 Å². The summed E-state index contributed by atoms with van der Waals surface area (Å²) in [5.41, 5.74) is 2.61. The van der Waals surface area contributed by atoms with Gasteiger partial charge < -0.3 is 15.0 Å². The Labute approximate surface area is 124 Å². The van der Waals surface area contributed by atoms with Gasteiger partial charge in [-0.25, -0.2) is 0 Å². The summed E-state index contributed by atoms with van der Waals surface area (Å²) in [6, 6.07) is 5.52. The Bertz CT molecular complexity index is 565. The van der Waals surface area contributed by atoms with E-state index in [-0.39, 0.29) is 17.9 Å². The van der Waals surface area contributed by atoms with Gasteiger partial charge in [-0.1, -0.05) is 0 Å². The predicted molar refractivity (Wildman–Crippen MR) is 79.5 cm³/mol. The second-order valence-electron chi connectivity index (χ2n) is 5.64. The molecule has 3 rings (SSSR count). The molecule has 2 amide bonds. The van der Waals surface area contributed by atoms with E-state index in [4.69, 9.17) is 4.74 Å². The van der Waals surface area contributed by atoms with Crippen molar-refractivity contribution in [2.45, 2.75) is 31.8 Å². The fourth-order valence-corrected chi connectivity index (χ4v) is 2.91. The van der Waals surface area contributed by atoms with Gasteiger partial charge in [-0.2, -0.15) is 0 Å². The molecule has 0 bridgehead atoms. The largest absolute Gasteiger partial charge is 0.376 e. The number of benzene rings is 1. The van der Waals surface area contributed by atoms with Gasteiger partial charge in [0.15, 0.2) is 0 Å². The summed E-state index contributed by atoms with van der Waals surface area (Å²) in [6.45, 7) is 1.36. The third kappa shape index (κ3) is 2.93. The number of rotatable bonds is 3. The molecule has 0 saturated carbocycles. The maximum absolute atomic E-state index is 12.2. The minimum Gasteiger partial charge on any atom is -0.376 e. The Balaban J connectivity index is 1.68. The molecule has 0 aromatic heterocycles. The highest BCUT2D eigenvalue weighted by molar-refractivity contribution is 5.98. The summed E-state index contributed by atoms with van der Waals surface area (Å²) in [6.07, 6.45) is 3.43. The molecule has 1 aromatic rings. The monoisotopic (exact) mass is 288 g/mol. The maximum Gasteiger partial charge on any atom is 0.251 e. The van der Waals surface area contributed by atoms with Gasteiger partial charge in [0, 0.05) is 37.9 Å². The first-order chi connectivity index (χ1) is 10.1. The van der Waals surface area contributed by atoms with Crippen LogP contribution in [0.15, 0.2) is 18.2 Å². The number of hydrogen-bond donors (Lipinski definition) is 1. The number of carbonyl (C=O) groups is 2. The number of anilines is 1. The van der Waals surface area contributed by atoms with Crippen molar-refractivity contribution in [2.75, 3.05) is 25.1 Å². The van der Waals surface area contributed by atoms with E-state index >= 15 is 0 Å². The van der Waals surface area contributed by atoms with Crippen molar-refractivity contribution >= 4 is 17.5 Å². The molecule has 5 nitrogen and oxygen atoms in total. The van der Waals surface area contributed by atoms with E-state index in [1.807, 2.05) is 12.1 Å². The van der Waals surface area contributed by atoms with Gasteiger partial charge in [-0.3, -0.25) is 9.59 Å². The van der Waals surface area contributed by atoms with Gasteiger partial charge in [0.1, 0.15) is 0 Å². The van der Waals surface area contributed by atoms with Crippen LogP contribution in [0.4, 0.5) is 5.69 Å². The van der Waals surface area contributed by atoms with Crippen molar-refractivity contribution in [2.24, 2.45) is 0 Å². The van der Waals surface area contributed by atoms with Gasteiger partial charge in [0.2, 0.25) is 5.91 Å². The van der Waals surface area contributed by atoms with Crippen molar-refractivity contribution < 1.29 is 14.3 Å². The van der Waals surface area contributed by atoms with E-state index in [0.717, 1.165) is 30.7 Å². The van der Waals surface area contributed by atoms with Crippen LogP contribution >= 0.6 is 0 Å². The molecule has 2 aliphatic heterocycles. The minimum absolute atomic E-state index is 0.0761. The molecule has 1 saturated heterocycles. The van der Waals surface area contributed by atoms with Crippen LogP contribution in [0.1, 0.15) is 35.2 Å². The van der Waals surface area contributed by atoms with E-state index < -0.39 is 0 Å². The van der Waals surface area contributed by atoms with Gasteiger partial charge >= 0.3 is 0 Å². The van der Waals surface area contributed by atoms with E-state index in [9.17, 15) is 9.59 Å². The van der Waals surface area contributed by atoms with Crippen molar-refractivity contribution in [3.8, 4) is 0 Å². The predicted octanol–water partition coefficient (Wildman–Crippen LogP) is 1.50. The lowest BCUT2D eigenvalue weighted by molar-refractivity contribution is -0.118. The molecule has 1 N–H and O–H groups in total. The zero-order valence-electron chi connectivity index (χ0n) is 12.2. The second-order valence-corrected chi connectivity index (χ2v) is 5.64. The lowest BCUT2D eigenvalue weighted by Gasteiger charge is -2.26. The molecule has 2 heterocycles. The Hall–Kier alpha value is -1.88. The average molecular weight is 288 g/mol. The normalized spacial score (nSPS) is 21.3. The average Bonchev–Trinajstić information content (AvgIpc) is 3.01. The number of hydrogen-bond acceptors (Lipinski definition) is 3. The number of carbonyl (C=O) groups excluding carboxylic acids is 2. The summed E-state index contributed by atoms with van der Waals surface area (Å²) in [4.78, 5) is 25.5. The van der Waals surface area contributed by atoms with Crippen LogP contribution in [0.2, 0.25) is 0 Å². The molecule has 0 spiro atoms. The zero-order valence-corrected chi connectivity index (χ0v) is 12.2. The number of aryl methyl sites for hydroxylation is 1. The molecular weight excluding hydrogens is 268 g/mol. The van der Waals surface area contributed by atoms with Gasteiger partial charge in [-0.15, -0.1) is 0 Å². The van der Waals surface area contributed by atoms with Crippen LogP contribution in [0.25, 0.3) is 0 Å². The molecule has 1 unspecified atom stereocenters. The fourth-order valence-electron chi connectivity index (χ4n) is 2.91. The first-order valence-corrected chi connectivity index (χ1v) is 7.44. The quantitative estimate of drug-likeness (QED) is 0.917. The van der Waals surface area contributed by atoms with Crippen LogP contribution in [-0.4, -0.2) is 38.1 Å². The number of ether oxygens (including phenoxy) is 1. The second kappa shape index (κ2) is 5.85. The van der Waals surface area contributed by atoms with E-state index in [0.29, 0.717) is 24.9 Å². The molecule has 0 radical (unpaired) electrons. The van der Waals surface area contributed by atoms with Gasteiger partial charge in [0.05, 0.1) is 6.10 Å². The number of amides is 2. The highest BCUT2D eigenvalue weighted by atomic mass is 16.5. The molecule has 112 valence electrons. The Morgan fingerprint density at radius 1 is 1.43 bits per heavy atom. The molecule has 2 aliphatic rings. The zero-order chi connectivity index (χ0) is 14.8. The maximum atomic E-state index is 12.2. The van der Waals surface area contributed by atoms with E-state index in [1.54, 1.807) is 18.0 Å². The van der Waals surface area contributed by atoms with Crippen molar-refractivity contribution in [3.05, 3.63) is 29.3 Å². The molecule has 5 heteroatoms. The summed E-state index contributed by atoms with van der Waals surface area (Å²) < 4.78 is 5.50. The summed E-state index contributed by atoms with van der Waals surface area (Å²) >= 11 is 0. The first kappa shape index (κ1) is 14.1. The van der Waals surface area contributed by atoms with Crippen molar-refractivity contribution in [1.82, 2.24) is 5.32 Å². The van der Waals surface area contributed by atoms with Crippen LogP contribution < -0.4 is 10.2 Å². The number of nitrogens with one attached hydrogen (secondary N) is 1. The molecule has 1 aromatic carbocycles. The number of fused-ring (bicyclic) bond motifs is 1. The van der Waals surface area contributed by atoms with Crippen molar-refractivity contribution in [3.63, 3.8) is 0 Å². The lowest BCUT2D eigenvalue weighted by atomic mass is 9.99. The summed E-state index contributed by atoms with van der Waals surface area (Å²) in [5, 5.41) is 2.92. The highest BCUT2D eigenvalue weighted by Crippen LogP contribution is 2.27. The SMILES string of the molecule is CN1C(=O)CCc2cc(C(=O)NCC3CCCO3)ccc21. The first-order valence-electron chi connectivity index (χ1n) is 7.44. The van der Waals surface area contributed by atoms with Crippen LogP contribution in [-0.2, 0) is 16.0 Å². The third-order valence-electron chi connectivity index (χ3n) is 4.20. The van der Waals surface area contributed by atoms with Gasteiger partial charge in [0.25, 0.3) is 5.91 Å². The summed E-state index contributed by atoms with van der Waals surface area (Å²) in [5.74, 6) is 0.0472. The Kier molecular flexibility index (Phi) is 3.92. The Morgan fingerprint density at radius 3 is 3.05 bits per heavy atom. The number of nitrogens with zero attached hydrogens (tertiary/aromatic N) is 1. The molecular formula is C16H20N2O3. The summed E-state index contributed by atoms with van der Waals surface area (Å²) in [7, 11) is 1.78. The molecule has 21 heavy (non-hydrogen) atoms. The van der Waals surface area contributed by atoms with E-state index in [2.05, 4.69) is 5.32 Å². The van der Waals surface area contributed by atoms with Crippen LogP contribution in [0.5, 0.6) is 0 Å².